The molecule has 0 aromatic carbocycles. The molecular weight excluding hydrogens is 318 g/mol. The maximum atomic E-state index is 13.3. The van der Waals surface area contributed by atoms with Crippen LogP contribution in [-0.4, -0.2) is 58.4 Å². The second-order valence-electron chi connectivity index (χ2n) is 6.94. The number of carbonyl (C=O) groups excluding carboxylic acids is 1. The lowest BCUT2D eigenvalue weighted by molar-refractivity contribution is -0.0445. The number of ether oxygens (including phenoxy) is 1. The lowest BCUT2D eigenvalue weighted by Crippen LogP contribution is -2.51. The van der Waals surface area contributed by atoms with E-state index in [0.29, 0.717) is 31.0 Å². The van der Waals surface area contributed by atoms with Gasteiger partial charge in [0.05, 0.1) is 24.9 Å². The van der Waals surface area contributed by atoms with E-state index in [2.05, 4.69) is 10.4 Å². The van der Waals surface area contributed by atoms with Gasteiger partial charge in [-0.1, -0.05) is 0 Å². The van der Waals surface area contributed by atoms with Gasteiger partial charge in [-0.3, -0.25) is 4.79 Å². The number of fused-ring (bicyclic) bond motifs is 2. The number of hydrogen-bond donors (Lipinski definition) is 1. The predicted molar refractivity (Wildman–Crippen MR) is 83.4 cm³/mol. The van der Waals surface area contributed by atoms with E-state index >= 15 is 0 Å². The molecule has 1 amide bonds. The fourth-order valence-electron chi connectivity index (χ4n) is 4.21. The Balaban J connectivity index is 1.64. The van der Waals surface area contributed by atoms with Crippen LogP contribution in [0.3, 0.4) is 0 Å². The van der Waals surface area contributed by atoms with Gasteiger partial charge in [0.25, 0.3) is 12.3 Å². The molecular formula is C16H22F2N4O2. The number of nitrogens with zero attached hydrogens (tertiary/aromatic N) is 3. The average molecular weight is 340 g/mol. The number of morpholine rings is 1. The van der Waals surface area contributed by atoms with Crippen LogP contribution < -0.4 is 5.32 Å². The van der Waals surface area contributed by atoms with E-state index in [9.17, 15) is 13.6 Å². The molecule has 1 N–H and O–H groups in total. The Labute approximate surface area is 139 Å². The molecule has 3 aliphatic rings. The largest absolute Gasteiger partial charge is 0.374 e. The number of rotatable bonds is 2. The van der Waals surface area contributed by atoms with Gasteiger partial charge < -0.3 is 15.0 Å². The van der Waals surface area contributed by atoms with Crippen LogP contribution in [0.4, 0.5) is 14.6 Å². The molecule has 4 rings (SSSR count). The van der Waals surface area contributed by atoms with E-state index in [1.54, 1.807) is 0 Å². The first kappa shape index (κ1) is 15.8. The number of hydrogen-bond acceptors (Lipinski definition) is 4. The van der Waals surface area contributed by atoms with Crippen LogP contribution in [0, 0.1) is 0 Å². The summed E-state index contributed by atoms with van der Waals surface area (Å²) < 4.78 is 33.7. The summed E-state index contributed by atoms with van der Waals surface area (Å²) in [6, 6.07) is -1.01. The van der Waals surface area contributed by atoms with Crippen molar-refractivity contribution >= 4 is 11.7 Å². The van der Waals surface area contributed by atoms with Crippen LogP contribution in [0.25, 0.3) is 0 Å². The topological polar surface area (TPSA) is 59.4 Å². The van der Waals surface area contributed by atoms with Crippen molar-refractivity contribution in [2.75, 3.05) is 18.5 Å². The van der Waals surface area contributed by atoms with Crippen molar-refractivity contribution in [2.24, 2.45) is 0 Å². The smallest absolute Gasteiger partial charge is 0.260 e. The summed E-state index contributed by atoms with van der Waals surface area (Å²) in [5.41, 5.74) is 0.389. The van der Waals surface area contributed by atoms with Crippen molar-refractivity contribution in [1.82, 2.24) is 14.7 Å². The highest BCUT2D eigenvalue weighted by atomic mass is 19.3. The second kappa shape index (κ2) is 5.98. The molecule has 24 heavy (non-hydrogen) atoms. The third kappa shape index (κ3) is 2.47. The van der Waals surface area contributed by atoms with E-state index in [4.69, 9.17) is 4.74 Å². The lowest BCUT2D eigenvalue weighted by Gasteiger charge is -2.38. The summed E-state index contributed by atoms with van der Waals surface area (Å²) in [6.45, 7) is 2.92. The summed E-state index contributed by atoms with van der Waals surface area (Å²) in [7, 11) is 0. The average Bonchev–Trinajstić information content (AvgIpc) is 3.19. The molecule has 0 radical (unpaired) electrons. The van der Waals surface area contributed by atoms with Gasteiger partial charge in [-0.15, -0.1) is 0 Å². The first-order valence-electron chi connectivity index (χ1n) is 8.61. The van der Waals surface area contributed by atoms with Gasteiger partial charge in [-0.25, -0.2) is 13.5 Å². The van der Waals surface area contributed by atoms with E-state index in [-0.39, 0.29) is 24.1 Å². The van der Waals surface area contributed by atoms with Crippen molar-refractivity contribution < 1.29 is 18.3 Å². The SMILES string of the molecule is C[C@H]1C[C@@H](C(F)F)n2ncc(C(=O)N3CCO[C@H]4CCC[C@H]43)c2N1. The fourth-order valence-corrected chi connectivity index (χ4v) is 4.21. The van der Waals surface area contributed by atoms with Gasteiger partial charge >= 0.3 is 0 Å². The zero-order valence-electron chi connectivity index (χ0n) is 13.6. The molecule has 6 nitrogen and oxygen atoms in total. The van der Waals surface area contributed by atoms with Gasteiger partial charge in [0.15, 0.2) is 0 Å². The zero-order valence-corrected chi connectivity index (χ0v) is 13.6. The number of anilines is 1. The fraction of sp³-hybridized carbons (Fsp3) is 0.750. The Kier molecular flexibility index (Phi) is 3.94. The Bertz CT molecular complexity index is 636. The first-order valence-corrected chi connectivity index (χ1v) is 8.61. The normalized spacial score (nSPS) is 32.4. The number of carbonyl (C=O) groups is 1. The Morgan fingerprint density at radius 1 is 1.46 bits per heavy atom. The first-order chi connectivity index (χ1) is 11.6. The van der Waals surface area contributed by atoms with Crippen LogP contribution in [0.1, 0.15) is 49.0 Å². The van der Waals surface area contributed by atoms with Crippen molar-refractivity contribution in [3.63, 3.8) is 0 Å². The molecule has 4 atom stereocenters. The van der Waals surface area contributed by atoms with Gasteiger partial charge in [-0.05, 0) is 32.6 Å². The maximum Gasteiger partial charge on any atom is 0.260 e. The predicted octanol–water partition coefficient (Wildman–Crippen LogP) is 2.29. The highest BCUT2D eigenvalue weighted by Gasteiger charge is 2.41. The van der Waals surface area contributed by atoms with Gasteiger partial charge in [0.1, 0.15) is 17.4 Å². The zero-order chi connectivity index (χ0) is 16.8. The van der Waals surface area contributed by atoms with Crippen LogP contribution in [0.2, 0.25) is 0 Å². The van der Waals surface area contributed by atoms with Gasteiger partial charge in [0, 0.05) is 12.6 Å². The van der Waals surface area contributed by atoms with Crippen LogP contribution in [-0.2, 0) is 4.74 Å². The molecule has 1 aliphatic carbocycles. The van der Waals surface area contributed by atoms with Crippen molar-refractivity contribution in [3.8, 4) is 0 Å². The van der Waals surface area contributed by atoms with E-state index in [1.807, 2.05) is 11.8 Å². The van der Waals surface area contributed by atoms with Crippen LogP contribution in [0.15, 0.2) is 6.20 Å². The minimum atomic E-state index is -2.50. The standard InChI is InChI=1S/C16H22F2N4O2/c1-9-7-12(14(17)18)22-15(20-9)10(8-19-22)16(23)21-5-6-24-13-4-2-3-11(13)21/h8-9,11-14,20H,2-7H2,1H3/t9-,11+,12-,13-/m0/s1. The molecule has 1 aromatic rings. The van der Waals surface area contributed by atoms with E-state index in [1.165, 1.54) is 10.9 Å². The molecule has 3 heterocycles. The minimum Gasteiger partial charge on any atom is -0.374 e. The molecule has 0 unspecified atom stereocenters. The van der Waals surface area contributed by atoms with Crippen LogP contribution >= 0.6 is 0 Å². The number of halogens is 2. The number of aromatic nitrogens is 2. The lowest BCUT2D eigenvalue weighted by atomic mass is 10.0. The quantitative estimate of drug-likeness (QED) is 0.897. The van der Waals surface area contributed by atoms with Crippen molar-refractivity contribution in [1.29, 1.82) is 0 Å². The summed E-state index contributed by atoms with van der Waals surface area (Å²) in [5.74, 6) is 0.288. The highest BCUT2D eigenvalue weighted by molar-refractivity contribution is 5.99. The summed E-state index contributed by atoms with van der Waals surface area (Å²) >= 11 is 0. The number of alkyl halides is 2. The summed E-state index contributed by atoms with van der Waals surface area (Å²) in [5, 5.41) is 7.25. The third-order valence-corrected chi connectivity index (χ3v) is 5.35. The molecule has 0 spiro atoms. The monoisotopic (exact) mass is 340 g/mol. The molecule has 1 saturated carbocycles. The van der Waals surface area contributed by atoms with E-state index < -0.39 is 12.5 Å². The minimum absolute atomic E-state index is 0.0914. The maximum absolute atomic E-state index is 13.3. The van der Waals surface area contributed by atoms with Crippen LogP contribution in [0.5, 0.6) is 0 Å². The number of nitrogens with one attached hydrogen (secondary N) is 1. The Morgan fingerprint density at radius 2 is 2.29 bits per heavy atom. The third-order valence-electron chi connectivity index (χ3n) is 5.35. The van der Waals surface area contributed by atoms with Gasteiger partial charge in [-0.2, -0.15) is 5.10 Å². The summed E-state index contributed by atoms with van der Waals surface area (Å²) in [6.07, 6.45) is 2.29. The molecule has 2 aliphatic heterocycles. The Morgan fingerprint density at radius 3 is 3.08 bits per heavy atom. The highest BCUT2D eigenvalue weighted by Crippen LogP contribution is 2.35. The van der Waals surface area contributed by atoms with Gasteiger partial charge in [0.2, 0.25) is 0 Å². The molecule has 132 valence electrons. The molecule has 2 fully saturated rings. The number of amides is 1. The molecule has 1 saturated heterocycles. The van der Waals surface area contributed by atoms with Crippen molar-refractivity contribution in [3.05, 3.63) is 11.8 Å². The van der Waals surface area contributed by atoms with E-state index in [0.717, 1.165) is 19.3 Å². The summed E-state index contributed by atoms with van der Waals surface area (Å²) in [4.78, 5) is 14.9. The Hall–Kier alpha value is -1.70. The molecule has 1 aromatic heterocycles. The molecule has 8 heteroatoms. The van der Waals surface area contributed by atoms with Crippen molar-refractivity contribution in [2.45, 2.75) is 63.3 Å². The second-order valence-corrected chi connectivity index (χ2v) is 6.94. The molecule has 0 bridgehead atoms.